The number of aromatic hydroxyl groups is 1. The second-order valence-electron chi connectivity index (χ2n) is 5.20. The van der Waals surface area contributed by atoms with Crippen LogP contribution in [0.1, 0.15) is 30.7 Å². The number of anilines is 1. The highest BCUT2D eigenvalue weighted by Crippen LogP contribution is 2.35. The Morgan fingerprint density at radius 3 is 3.06 bits per heavy atom. The summed E-state index contributed by atoms with van der Waals surface area (Å²) >= 11 is 0. The highest BCUT2D eigenvalue weighted by atomic mass is 16.3. The molecule has 4 nitrogen and oxygen atoms in total. The van der Waals surface area contributed by atoms with E-state index in [0.717, 1.165) is 43.6 Å². The maximum absolute atomic E-state index is 11.5. The van der Waals surface area contributed by atoms with Crippen molar-refractivity contribution in [3.63, 3.8) is 0 Å². The fourth-order valence-corrected chi connectivity index (χ4v) is 2.51. The molecule has 3 N–H and O–H groups in total. The molecule has 1 aromatic carbocycles. The molecule has 0 radical (unpaired) electrons. The minimum atomic E-state index is 0.206. The van der Waals surface area contributed by atoms with Gasteiger partial charge in [-0.15, -0.1) is 0 Å². The largest absolute Gasteiger partial charge is 0.508 e. The summed E-state index contributed by atoms with van der Waals surface area (Å²) in [4.78, 5) is 11.5. The lowest BCUT2D eigenvalue weighted by atomic mass is 9.97. The first kappa shape index (κ1) is 11.4. The minimum absolute atomic E-state index is 0.206. The van der Waals surface area contributed by atoms with Crippen molar-refractivity contribution in [2.75, 3.05) is 18.4 Å². The summed E-state index contributed by atoms with van der Waals surface area (Å²) in [6.45, 7) is 1.61. The molecule has 96 valence electrons. The number of rotatable bonds is 4. The van der Waals surface area contributed by atoms with Crippen molar-refractivity contribution in [1.29, 1.82) is 0 Å². The topological polar surface area (TPSA) is 61.4 Å². The van der Waals surface area contributed by atoms with Crippen molar-refractivity contribution in [3.05, 3.63) is 23.8 Å². The van der Waals surface area contributed by atoms with Gasteiger partial charge in [-0.3, -0.25) is 4.79 Å². The number of hydrogen-bond donors (Lipinski definition) is 3. The maximum atomic E-state index is 11.5. The highest BCUT2D eigenvalue weighted by molar-refractivity contribution is 5.80. The molecule has 0 spiro atoms. The van der Waals surface area contributed by atoms with E-state index in [1.807, 2.05) is 12.1 Å². The molecule has 0 saturated heterocycles. The predicted molar refractivity (Wildman–Crippen MR) is 69.7 cm³/mol. The Morgan fingerprint density at radius 1 is 1.44 bits per heavy atom. The number of carbonyl (C=O) groups is 1. The van der Waals surface area contributed by atoms with Crippen LogP contribution in [0.5, 0.6) is 5.75 Å². The van der Waals surface area contributed by atoms with E-state index >= 15 is 0 Å². The number of hydrogen-bond acceptors (Lipinski definition) is 3. The summed E-state index contributed by atoms with van der Waals surface area (Å²) in [6.07, 6.45) is 3.02. The Labute approximate surface area is 106 Å². The zero-order chi connectivity index (χ0) is 12.5. The smallest absolute Gasteiger partial charge is 0.223 e. The van der Waals surface area contributed by atoms with Gasteiger partial charge in [0.2, 0.25) is 5.91 Å². The Balaban J connectivity index is 1.55. The van der Waals surface area contributed by atoms with E-state index in [4.69, 9.17) is 0 Å². The summed E-state index contributed by atoms with van der Waals surface area (Å²) in [7, 11) is 0. The van der Waals surface area contributed by atoms with Gasteiger partial charge in [0.1, 0.15) is 5.75 Å². The molecule has 2 aliphatic rings. The van der Waals surface area contributed by atoms with Gasteiger partial charge >= 0.3 is 0 Å². The van der Waals surface area contributed by atoms with Gasteiger partial charge in [-0.05, 0) is 43.0 Å². The second-order valence-corrected chi connectivity index (χ2v) is 5.20. The molecule has 1 atom stereocenters. The Morgan fingerprint density at radius 2 is 2.28 bits per heavy atom. The molecular formula is C14H18N2O2. The molecule has 1 amide bonds. The van der Waals surface area contributed by atoms with Crippen molar-refractivity contribution in [2.24, 2.45) is 5.92 Å². The van der Waals surface area contributed by atoms with Crippen molar-refractivity contribution < 1.29 is 9.90 Å². The van der Waals surface area contributed by atoms with E-state index in [1.54, 1.807) is 6.07 Å². The molecule has 1 aliphatic heterocycles. The zero-order valence-corrected chi connectivity index (χ0v) is 10.3. The average molecular weight is 246 g/mol. The molecule has 18 heavy (non-hydrogen) atoms. The maximum Gasteiger partial charge on any atom is 0.223 e. The SMILES string of the molecule is O=C(NCCC1CNc2ccc(O)cc21)C1CC1. The van der Waals surface area contributed by atoms with Gasteiger partial charge < -0.3 is 15.7 Å². The van der Waals surface area contributed by atoms with Crippen molar-refractivity contribution in [2.45, 2.75) is 25.2 Å². The number of phenolic OH excluding ortho intramolecular Hbond substituents is 1. The Hall–Kier alpha value is -1.71. The lowest BCUT2D eigenvalue weighted by Gasteiger charge is -2.11. The molecule has 0 bridgehead atoms. The standard InChI is InChI=1S/C14H18N2O2/c17-11-3-4-13-12(7-11)10(8-16-13)5-6-15-14(18)9-1-2-9/h3-4,7,9-10,16-17H,1-2,5-6,8H2,(H,15,18). The van der Waals surface area contributed by atoms with E-state index in [2.05, 4.69) is 10.6 Å². The lowest BCUT2D eigenvalue weighted by Crippen LogP contribution is -2.27. The molecule has 1 aliphatic carbocycles. The summed E-state index contributed by atoms with van der Waals surface area (Å²) in [5.74, 6) is 1.18. The first-order valence-electron chi connectivity index (χ1n) is 6.58. The number of fused-ring (bicyclic) bond motifs is 1. The second kappa shape index (κ2) is 4.52. The summed E-state index contributed by atoms with van der Waals surface area (Å²) in [5, 5.41) is 15.8. The third-order valence-corrected chi connectivity index (χ3v) is 3.75. The highest BCUT2D eigenvalue weighted by Gasteiger charge is 2.29. The fourth-order valence-electron chi connectivity index (χ4n) is 2.51. The van der Waals surface area contributed by atoms with Crippen LogP contribution in [0, 0.1) is 5.92 Å². The summed E-state index contributed by atoms with van der Waals surface area (Å²) in [5.41, 5.74) is 2.27. The van der Waals surface area contributed by atoms with E-state index in [0.29, 0.717) is 11.7 Å². The zero-order valence-electron chi connectivity index (χ0n) is 10.3. The number of benzene rings is 1. The van der Waals surface area contributed by atoms with Crippen LogP contribution in [0.15, 0.2) is 18.2 Å². The third kappa shape index (κ3) is 2.28. The molecule has 0 aromatic heterocycles. The molecular weight excluding hydrogens is 228 g/mol. The van der Waals surface area contributed by atoms with Crippen LogP contribution in [0.2, 0.25) is 0 Å². The van der Waals surface area contributed by atoms with Crippen molar-refractivity contribution in [1.82, 2.24) is 5.32 Å². The lowest BCUT2D eigenvalue weighted by molar-refractivity contribution is -0.122. The van der Waals surface area contributed by atoms with Gasteiger partial charge in [0.05, 0.1) is 0 Å². The Bertz CT molecular complexity index is 469. The van der Waals surface area contributed by atoms with Crippen LogP contribution in [0.4, 0.5) is 5.69 Å². The van der Waals surface area contributed by atoms with E-state index in [9.17, 15) is 9.90 Å². The van der Waals surface area contributed by atoms with Gasteiger partial charge in [-0.2, -0.15) is 0 Å². The monoisotopic (exact) mass is 246 g/mol. The van der Waals surface area contributed by atoms with Crippen molar-refractivity contribution in [3.8, 4) is 5.75 Å². The van der Waals surface area contributed by atoms with Crippen LogP contribution in [0.3, 0.4) is 0 Å². The van der Waals surface area contributed by atoms with E-state index in [-0.39, 0.29) is 11.8 Å². The van der Waals surface area contributed by atoms with E-state index < -0.39 is 0 Å². The minimum Gasteiger partial charge on any atom is -0.508 e. The van der Waals surface area contributed by atoms with Gasteiger partial charge in [-0.25, -0.2) is 0 Å². The van der Waals surface area contributed by atoms with Crippen LogP contribution in [-0.2, 0) is 4.79 Å². The molecule has 3 rings (SSSR count). The third-order valence-electron chi connectivity index (χ3n) is 3.75. The van der Waals surface area contributed by atoms with Gasteiger partial charge in [-0.1, -0.05) is 0 Å². The van der Waals surface area contributed by atoms with Gasteiger partial charge in [0, 0.05) is 30.6 Å². The average Bonchev–Trinajstić information content (AvgIpc) is 3.13. The van der Waals surface area contributed by atoms with Gasteiger partial charge in [0.25, 0.3) is 0 Å². The normalized spacial score (nSPS) is 21.2. The van der Waals surface area contributed by atoms with Crippen molar-refractivity contribution >= 4 is 11.6 Å². The number of nitrogens with one attached hydrogen (secondary N) is 2. The summed E-state index contributed by atoms with van der Waals surface area (Å²) in [6, 6.07) is 5.43. The van der Waals surface area contributed by atoms with E-state index in [1.165, 1.54) is 0 Å². The molecule has 4 heteroatoms. The number of carbonyl (C=O) groups excluding carboxylic acids is 1. The van der Waals surface area contributed by atoms with Crippen LogP contribution >= 0.6 is 0 Å². The quantitative estimate of drug-likeness (QED) is 0.710. The van der Waals surface area contributed by atoms with Crippen LogP contribution in [0.25, 0.3) is 0 Å². The number of phenols is 1. The molecule has 1 saturated carbocycles. The molecule has 1 aromatic rings. The first-order chi connectivity index (χ1) is 8.74. The van der Waals surface area contributed by atoms with Crippen LogP contribution < -0.4 is 10.6 Å². The number of amides is 1. The molecule has 1 fully saturated rings. The first-order valence-corrected chi connectivity index (χ1v) is 6.58. The molecule has 1 unspecified atom stereocenters. The van der Waals surface area contributed by atoms with Gasteiger partial charge in [0.15, 0.2) is 0 Å². The molecule has 1 heterocycles. The fraction of sp³-hybridized carbons (Fsp3) is 0.500. The van der Waals surface area contributed by atoms with Crippen LogP contribution in [-0.4, -0.2) is 24.1 Å². The summed E-state index contributed by atoms with van der Waals surface area (Å²) < 4.78 is 0. The Kier molecular flexibility index (Phi) is 2.86. The predicted octanol–water partition coefficient (Wildman–Crippen LogP) is 1.82.